The summed E-state index contributed by atoms with van der Waals surface area (Å²) < 4.78 is 0. The zero-order valence-electron chi connectivity index (χ0n) is 4.66. The van der Waals surface area contributed by atoms with Crippen LogP contribution in [0.3, 0.4) is 0 Å². The van der Waals surface area contributed by atoms with E-state index < -0.39 is 0 Å². The fourth-order valence-electron chi connectivity index (χ4n) is 0.741. The molecule has 1 N–H and O–H groups in total. The molecule has 0 aromatic carbocycles. The average molecular weight is 139 g/mol. The van der Waals surface area contributed by atoms with Crippen LogP contribution in [-0.2, 0) is 6.54 Å². The number of hydrogen-bond donors (Lipinski definition) is 1. The van der Waals surface area contributed by atoms with E-state index in [0.717, 1.165) is 12.2 Å². The third-order valence-electron chi connectivity index (χ3n) is 1.19. The molecule has 2 rings (SSSR count). The van der Waals surface area contributed by atoms with E-state index in [-0.39, 0.29) is 0 Å². The summed E-state index contributed by atoms with van der Waals surface area (Å²) >= 11 is 1.66. The van der Waals surface area contributed by atoms with Crippen molar-refractivity contribution in [3.05, 3.63) is 16.1 Å². The lowest BCUT2D eigenvalue weighted by Gasteiger charge is -2.02. The highest BCUT2D eigenvalue weighted by molar-refractivity contribution is 7.09. The van der Waals surface area contributed by atoms with Crippen LogP contribution >= 0.6 is 11.3 Å². The highest BCUT2D eigenvalue weighted by Crippen LogP contribution is 2.12. The molecule has 0 radical (unpaired) electrons. The molecule has 0 saturated heterocycles. The van der Waals surface area contributed by atoms with Crippen LogP contribution in [0.2, 0.25) is 0 Å². The fraction of sp³-hybridized carbons (Fsp3) is 0.200. The summed E-state index contributed by atoms with van der Waals surface area (Å²) in [5.41, 5.74) is 5.72. The molecule has 1 aromatic heterocycles. The summed E-state index contributed by atoms with van der Waals surface area (Å²) in [5.74, 6) is 0. The quantitative estimate of drug-likeness (QED) is 0.571. The standard InChI is InChI=1S/C5H5N3S/c1-4-5(2-8-7-1)9-3-6-4/h1,3,8H,2H2. The van der Waals surface area contributed by atoms with Crippen molar-refractivity contribution in [3.63, 3.8) is 0 Å². The number of nitrogens with one attached hydrogen (secondary N) is 1. The van der Waals surface area contributed by atoms with Crippen LogP contribution in [0.5, 0.6) is 0 Å². The van der Waals surface area contributed by atoms with Crippen LogP contribution in [-0.4, -0.2) is 11.2 Å². The maximum Gasteiger partial charge on any atom is 0.0990 e. The summed E-state index contributed by atoms with van der Waals surface area (Å²) in [5, 5.41) is 3.86. The van der Waals surface area contributed by atoms with E-state index in [4.69, 9.17) is 0 Å². The zero-order chi connectivity index (χ0) is 6.10. The smallest absolute Gasteiger partial charge is 0.0990 e. The van der Waals surface area contributed by atoms with Gasteiger partial charge in [-0.25, -0.2) is 4.98 Å². The molecule has 4 heteroatoms. The first-order valence-corrected chi connectivity index (χ1v) is 3.53. The van der Waals surface area contributed by atoms with Crippen molar-refractivity contribution in [3.8, 4) is 0 Å². The number of fused-ring (bicyclic) bond motifs is 1. The fourth-order valence-corrected chi connectivity index (χ4v) is 1.41. The van der Waals surface area contributed by atoms with Crippen LogP contribution in [0.15, 0.2) is 10.6 Å². The number of nitrogens with zero attached hydrogens (tertiary/aromatic N) is 2. The Morgan fingerprint density at radius 1 is 1.67 bits per heavy atom. The lowest BCUT2D eigenvalue weighted by Crippen LogP contribution is -2.11. The second-order valence-corrected chi connectivity index (χ2v) is 2.69. The van der Waals surface area contributed by atoms with Gasteiger partial charge in [-0.05, 0) is 0 Å². The Hall–Kier alpha value is -0.900. The Morgan fingerprint density at radius 2 is 2.67 bits per heavy atom. The predicted molar refractivity (Wildman–Crippen MR) is 36.5 cm³/mol. The third kappa shape index (κ3) is 0.712. The van der Waals surface area contributed by atoms with Crippen molar-refractivity contribution in [2.24, 2.45) is 5.10 Å². The molecule has 3 nitrogen and oxygen atoms in total. The van der Waals surface area contributed by atoms with Gasteiger partial charge < -0.3 is 5.43 Å². The van der Waals surface area contributed by atoms with Gasteiger partial charge in [0.05, 0.1) is 28.8 Å². The number of hydrazone groups is 1. The molecule has 9 heavy (non-hydrogen) atoms. The molecule has 0 amide bonds. The number of rotatable bonds is 0. The molecule has 46 valence electrons. The van der Waals surface area contributed by atoms with Crippen molar-refractivity contribution in [1.82, 2.24) is 10.4 Å². The van der Waals surface area contributed by atoms with Gasteiger partial charge >= 0.3 is 0 Å². The van der Waals surface area contributed by atoms with E-state index in [1.807, 2.05) is 5.51 Å². The third-order valence-corrected chi connectivity index (χ3v) is 2.04. The van der Waals surface area contributed by atoms with Gasteiger partial charge in [0.2, 0.25) is 0 Å². The molecule has 1 aliphatic heterocycles. The maximum atomic E-state index is 4.09. The number of hydrogen-bond acceptors (Lipinski definition) is 4. The minimum absolute atomic E-state index is 0.830. The molecule has 0 spiro atoms. The van der Waals surface area contributed by atoms with E-state index in [2.05, 4.69) is 15.5 Å². The van der Waals surface area contributed by atoms with Crippen LogP contribution in [0.1, 0.15) is 10.6 Å². The summed E-state index contributed by atoms with van der Waals surface area (Å²) in [7, 11) is 0. The molecule has 2 heterocycles. The SMILES string of the molecule is C1=NNCc2scnc21. The first-order valence-electron chi connectivity index (χ1n) is 2.65. The van der Waals surface area contributed by atoms with Gasteiger partial charge in [-0.2, -0.15) is 5.10 Å². The highest BCUT2D eigenvalue weighted by Gasteiger charge is 2.05. The maximum absolute atomic E-state index is 4.09. The Bertz CT molecular complexity index is 240. The molecule has 0 aliphatic carbocycles. The van der Waals surface area contributed by atoms with Gasteiger partial charge in [0.1, 0.15) is 0 Å². The van der Waals surface area contributed by atoms with E-state index in [1.54, 1.807) is 17.6 Å². The van der Waals surface area contributed by atoms with Gasteiger partial charge in [-0.3, -0.25) is 0 Å². The number of thiazole rings is 1. The molecular formula is C5H5N3S. The summed E-state index contributed by atoms with van der Waals surface area (Å²) in [6.07, 6.45) is 1.75. The first kappa shape index (κ1) is 4.93. The Morgan fingerprint density at radius 3 is 3.56 bits per heavy atom. The van der Waals surface area contributed by atoms with Crippen molar-refractivity contribution in [2.75, 3.05) is 0 Å². The van der Waals surface area contributed by atoms with Crippen molar-refractivity contribution in [2.45, 2.75) is 6.54 Å². The minimum Gasteiger partial charge on any atom is -0.305 e. The largest absolute Gasteiger partial charge is 0.305 e. The average Bonchev–Trinajstić information content (AvgIpc) is 2.33. The molecule has 1 aliphatic rings. The first-order chi connectivity index (χ1) is 4.47. The molecule has 1 aromatic rings. The Labute approximate surface area is 56.4 Å². The molecule has 0 bridgehead atoms. The summed E-state index contributed by atoms with van der Waals surface area (Å²) in [6, 6.07) is 0. The monoisotopic (exact) mass is 139 g/mol. The van der Waals surface area contributed by atoms with Crippen LogP contribution in [0.25, 0.3) is 0 Å². The van der Waals surface area contributed by atoms with E-state index >= 15 is 0 Å². The van der Waals surface area contributed by atoms with Gasteiger partial charge in [0.15, 0.2) is 0 Å². The van der Waals surface area contributed by atoms with Gasteiger partial charge in [-0.15, -0.1) is 11.3 Å². The van der Waals surface area contributed by atoms with Gasteiger partial charge in [-0.1, -0.05) is 0 Å². The van der Waals surface area contributed by atoms with E-state index in [9.17, 15) is 0 Å². The number of aromatic nitrogens is 1. The molecular weight excluding hydrogens is 134 g/mol. The Balaban J connectivity index is 2.53. The summed E-state index contributed by atoms with van der Waals surface area (Å²) in [4.78, 5) is 5.35. The molecule has 0 fully saturated rings. The lowest BCUT2D eigenvalue weighted by atomic mass is 10.4. The molecule has 0 unspecified atom stereocenters. The minimum atomic E-state index is 0.830. The molecule has 0 saturated carbocycles. The predicted octanol–water partition coefficient (Wildman–Crippen LogP) is 0.580. The summed E-state index contributed by atoms with van der Waals surface area (Å²) in [6.45, 7) is 0.830. The topological polar surface area (TPSA) is 37.3 Å². The van der Waals surface area contributed by atoms with Crippen molar-refractivity contribution >= 4 is 17.6 Å². The highest BCUT2D eigenvalue weighted by atomic mass is 32.1. The van der Waals surface area contributed by atoms with Crippen molar-refractivity contribution < 1.29 is 0 Å². The second kappa shape index (κ2) is 1.80. The van der Waals surface area contributed by atoms with Crippen molar-refractivity contribution in [1.29, 1.82) is 0 Å². The van der Waals surface area contributed by atoms with E-state index in [0.29, 0.717) is 0 Å². The van der Waals surface area contributed by atoms with Gasteiger partial charge in [0, 0.05) is 0 Å². The zero-order valence-corrected chi connectivity index (χ0v) is 5.48. The van der Waals surface area contributed by atoms with Gasteiger partial charge in [0.25, 0.3) is 0 Å². The van der Waals surface area contributed by atoms with Crippen LogP contribution in [0, 0.1) is 0 Å². The van der Waals surface area contributed by atoms with Crippen LogP contribution in [0.4, 0.5) is 0 Å². The second-order valence-electron chi connectivity index (χ2n) is 1.75. The van der Waals surface area contributed by atoms with Crippen LogP contribution < -0.4 is 5.43 Å². The molecule has 0 atom stereocenters. The Kier molecular flexibility index (Phi) is 0.989. The lowest BCUT2D eigenvalue weighted by molar-refractivity contribution is 0.742. The van der Waals surface area contributed by atoms with E-state index in [1.165, 1.54) is 4.88 Å². The normalized spacial score (nSPS) is 14.7.